The Morgan fingerprint density at radius 1 is 0.926 bits per heavy atom. The summed E-state index contributed by atoms with van der Waals surface area (Å²) in [5.74, 6) is 2.07. The molecule has 0 atom stereocenters. The smallest absolute Gasteiger partial charge is 0.147 e. The van der Waals surface area contributed by atoms with Gasteiger partial charge in [-0.25, -0.2) is 0 Å². The minimum Gasteiger partial charge on any atom is -0.487 e. The summed E-state index contributed by atoms with van der Waals surface area (Å²) < 4.78 is 12.0. The molecule has 4 aromatic rings. The Morgan fingerprint density at radius 2 is 1.70 bits per heavy atom. The number of ether oxygens (including phenoxy) is 2. The Morgan fingerprint density at radius 3 is 2.44 bits per heavy atom. The van der Waals surface area contributed by atoms with Gasteiger partial charge in [-0.3, -0.25) is 0 Å². The summed E-state index contributed by atoms with van der Waals surface area (Å²) in [4.78, 5) is 3.11. The van der Waals surface area contributed by atoms with Crippen molar-refractivity contribution in [3.8, 4) is 23.3 Å². The second-order valence-electron chi connectivity index (χ2n) is 6.37. The molecule has 1 N–H and O–H groups in total. The van der Waals surface area contributed by atoms with Crippen LogP contribution in [0.3, 0.4) is 0 Å². The highest BCUT2D eigenvalue weighted by Gasteiger charge is 2.11. The number of rotatable bonds is 5. The minimum atomic E-state index is 0.435. The van der Waals surface area contributed by atoms with Crippen LogP contribution >= 0.6 is 0 Å². The van der Waals surface area contributed by atoms with E-state index in [9.17, 15) is 5.26 Å². The van der Waals surface area contributed by atoms with Crippen LogP contribution in [0.15, 0.2) is 72.8 Å². The van der Waals surface area contributed by atoms with E-state index in [1.807, 2.05) is 73.7 Å². The van der Waals surface area contributed by atoms with Gasteiger partial charge < -0.3 is 14.5 Å². The van der Waals surface area contributed by atoms with Gasteiger partial charge in [0.2, 0.25) is 0 Å². The summed E-state index contributed by atoms with van der Waals surface area (Å²) in [5, 5.41) is 10.1. The predicted octanol–water partition coefficient (Wildman–Crippen LogP) is 5.72. The van der Waals surface area contributed by atoms with Crippen molar-refractivity contribution < 1.29 is 9.47 Å². The average Bonchev–Trinajstić information content (AvgIpc) is 3.12. The number of nitrogens with one attached hydrogen (secondary N) is 1. The first-order chi connectivity index (χ1) is 13.2. The molecule has 0 saturated carbocycles. The summed E-state index contributed by atoms with van der Waals surface area (Å²) in [5.41, 5.74) is 3.53. The molecule has 0 unspecified atom stereocenters. The van der Waals surface area contributed by atoms with Gasteiger partial charge in [-0.05, 0) is 36.8 Å². The SMILES string of the molecule is Cc1ccc(Oc2cc(OCc3ccccc3)c3[nH]c(C#N)cc3c2)cc1. The molecule has 1 aromatic heterocycles. The van der Waals surface area contributed by atoms with Crippen molar-refractivity contribution in [2.75, 3.05) is 0 Å². The lowest BCUT2D eigenvalue weighted by Gasteiger charge is -2.11. The number of aryl methyl sites for hydroxylation is 1. The van der Waals surface area contributed by atoms with Crippen LogP contribution in [0.2, 0.25) is 0 Å². The molecule has 3 aromatic carbocycles. The molecule has 0 spiro atoms. The van der Waals surface area contributed by atoms with Crippen LogP contribution in [0.25, 0.3) is 10.9 Å². The zero-order chi connectivity index (χ0) is 18.6. The van der Waals surface area contributed by atoms with Crippen LogP contribution in [0.4, 0.5) is 0 Å². The van der Waals surface area contributed by atoms with Crippen molar-refractivity contribution in [2.45, 2.75) is 13.5 Å². The second kappa shape index (κ2) is 7.27. The maximum absolute atomic E-state index is 9.21. The summed E-state index contributed by atoms with van der Waals surface area (Å²) in [6.07, 6.45) is 0. The largest absolute Gasteiger partial charge is 0.487 e. The molecular formula is C23H18N2O2. The number of H-pyrrole nitrogens is 1. The molecule has 132 valence electrons. The van der Waals surface area contributed by atoms with Crippen LogP contribution in [0.1, 0.15) is 16.8 Å². The highest BCUT2D eigenvalue weighted by molar-refractivity contribution is 5.88. The van der Waals surface area contributed by atoms with Crippen LogP contribution in [0, 0.1) is 18.3 Å². The second-order valence-corrected chi connectivity index (χ2v) is 6.37. The Hall–Kier alpha value is -3.71. The van der Waals surface area contributed by atoms with Crippen LogP contribution in [0.5, 0.6) is 17.2 Å². The molecule has 0 amide bonds. The first-order valence-electron chi connectivity index (χ1n) is 8.69. The molecular weight excluding hydrogens is 336 g/mol. The molecule has 0 radical (unpaired) electrons. The van der Waals surface area contributed by atoms with Gasteiger partial charge in [0.15, 0.2) is 0 Å². The maximum atomic E-state index is 9.21. The average molecular weight is 354 g/mol. The van der Waals surface area contributed by atoms with Gasteiger partial charge in [0.1, 0.15) is 35.6 Å². The van der Waals surface area contributed by atoms with Crippen molar-refractivity contribution >= 4 is 10.9 Å². The van der Waals surface area contributed by atoms with E-state index in [4.69, 9.17) is 9.47 Å². The number of nitriles is 1. The molecule has 27 heavy (non-hydrogen) atoms. The molecule has 4 nitrogen and oxygen atoms in total. The standard InChI is InChI=1S/C23H18N2O2/c1-16-7-9-20(10-8-16)27-21-12-18-11-19(14-24)25-23(18)22(13-21)26-15-17-5-3-2-4-6-17/h2-13,25H,15H2,1H3. The summed E-state index contributed by atoms with van der Waals surface area (Å²) in [7, 11) is 0. The quantitative estimate of drug-likeness (QED) is 0.499. The maximum Gasteiger partial charge on any atom is 0.147 e. The van der Waals surface area contributed by atoms with E-state index in [0.717, 1.165) is 22.2 Å². The van der Waals surface area contributed by atoms with Crippen LogP contribution in [-0.4, -0.2) is 4.98 Å². The molecule has 4 heteroatoms. The highest BCUT2D eigenvalue weighted by Crippen LogP contribution is 2.34. The monoisotopic (exact) mass is 354 g/mol. The lowest BCUT2D eigenvalue weighted by atomic mass is 10.2. The van der Waals surface area contributed by atoms with Crippen molar-refractivity contribution in [1.29, 1.82) is 5.26 Å². The number of benzene rings is 3. The van der Waals surface area contributed by atoms with Gasteiger partial charge in [0, 0.05) is 11.5 Å². The van der Waals surface area contributed by atoms with Crippen molar-refractivity contribution in [2.24, 2.45) is 0 Å². The predicted molar refractivity (Wildman–Crippen MR) is 105 cm³/mol. The van der Waals surface area contributed by atoms with Crippen molar-refractivity contribution in [3.63, 3.8) is 0 Å². The van der Waals surface area contributed by atoms with Gasteiger partial charge in [-0.15, -0.1) is 0 Å². The molecule has 4 rings (SSSR count). The minimum absolute atomic E-state index is 0.435. The van der Waals surface area contributed by atoms with Crippen molar-refractivity contribution in [3.05, 3.63) is 89.6 Å². The summed E-state index contributed by atoms with van der Waals surface area (Å²) in [6, 6.07) is 25.5. The lowest BCUT2D eigenvalue weighted by molar-refractivity contribution is 0.308. The van der Waals surface area contributed by atoms with Crippen molar-refractivity contribution in [1.82, 2.24) is 4.98 Å². The van der Waals surface area contributed by atoms with E-state index in [1.54, 1.807) is 6.07 Å². The fourth-order valence-corrected chi connectivity index (χ4v) is 2.90. The number of hydrogen-bond acceptors (Lipinski definition) is 3. The molecule has 0 saturated heterocycles. The first-order valence-corrected chi connectivity index (χ1v) is 8.69. The Kier molecular flexibility index (Phi) is 4.51. The molecule has 0 aliphatic heterocycles. The Bertz CT molecular complexity index is 1110. The third-order valence-corrected chi connectivity index (χ3v) is 4.28. The fraction of sp³-hybridized carbons (Fsp3) is 0.0870. The van der Waals surface area contributed by atoms with Gasteiger partial charge in [-0.2, -0.15) is 5.26 Å². The summed E-state index contributed by atoms with van der Waals surface area (Å²) in [6.45, 7) is 2.47. The molecule has 0 aliphatic carbocycles. The third-order valence-electron chi connectivity index (χ3n) is 4.28. The Balaban J connectivity index is 1.67. The molecule has 0 bridgehead atoms. The van der Waals surface area contributed by atoms with Crippen LogP contribution < -0.4 is 9.47 Å². The molecule has 0 aliphatic rings. The van der Waals surface area contributed by atoms with Crippen LogP contribution in [-0.2, 0) is 6.61 Å². The number of hydrogen-bond donors (Lipinski definition) is 1. The number of aromatic nitrogens is 1. The van der Waals surface area contributed by atoms with E-state index in [2.05, 4.69) is 11.1 Å². The van der Waals surface area contributed by atoms with E-state index in [1.165, 1.54) is 5.56 Å². The van der Waals surface area contributed by atoms with Gasteiger partial charge in [-0.1, -0.05) is 48.0 Å². The van der Waals surface area contributed by atoms with Gasteiger partial charge >= 0.3 is 0 Å². The topological polar surface area (TPSA) is 58.0 Å². The van der Waals surface area contributed by atoms with E-state index in [0.29, 0.717) is 23.8 Å². The van der Waals surface area contributed by atoms with E-state index >= 15 is 0 Å². The first kappa shape index (κ1) is 16.7. The number of fused-ring (bicyclic) bond motifs is 1. The van der Waals surface area contributed by atoms with E-state index in [-0.39, 0.29) is 0 Å². The highest BCUT2D eigenvalue weighted by atomic mass is 16.5. The normalized spacial score (nSPS) is 10.5. The van der Waals surface area contributed by atoms with Gasteiger partial charge in [0.25, 0.3) is 0 Å². The number of nitrogens with zero attached hydrogens (tertiary/aromatic N) is 1. The Labute approximate surface area is 157 Å². The molecule has 0 fully saturated rings. The van der Waals surface area contributed by atoms with E-state index < -0.39 is 0 Å². The van der Waals surface area contributed by atoms with Gasteiger partial charge in [0.05, 0.1) is 5.52 Å². The zero-order valence-electron chi connectivity index (χ0n) is 14.9. The summed E-state index contributed by atoms with van der Waals surface area (Å²) >= 11 is 0. The third kappa shape index (κ3) is 3.78. The fourth-order valence-electron chi connectivity index (χ4n) is 2.90. The zero-order valence-corrected chi connectivity index (χ0v) is 14.9. The molecule has 1 heterocycles. The number of aromatic amines is 1. The lowest BCUT2D eigenvalue weighted by Crippen LogP contribution is -1.96.